The minimum Gasteiger partial charge on any atom is -0.485 e. The van der Waals surface area contributed by atoms with Gasteiger partial charge in [0.1, 0.15) is 11.9 Å². The number of carbonyl (C=O) groups is 2. The Morgan fingerprint density at radius 3 is 2.59 bits per heavy atom. The van der Waals surface area contributed by atoms with E-state index in [4.69, 9.17) is 4.74 Å². The molecule has 0 aromatic heterocycles. The van der Waals surface area contributed by atoms with E-state index in [1.165, 1.54) is 0 Å². The van der Waals surface area contributed by atoms with Crippen LogP contribution in [0.3, 0.4) is 0 Å². The SMILES string of the molecule is CCN1C[C@H](CN(C)C(=O)c2ccccc2N2CCCC2=O)Oc2ccccc21. The number of nitrogens with zero attached hydrogens (tertiary/aromatic N) is 3. The van der Waals surface area contributed by atoms with Crippen molar-refractivity contribution in [3.8, 4) is 5.75 Å². The fourth-order valence-electron chi connectivity index (χ4n) is 4.16. The lowest BCUT2D eigenvalue weighted by atomic mass is 10.1. The quantitative estimate of drug-likeness (QED) is 0.783. The average Bonchev–Trinajstić information content (AvgIpc) is 3.18. The van der Waals surface area contributed by atoms with Crippen LogP contribution in [0.2, 0.25) is 0 Å². The molecule has 6 nitrogen and oxygen atoms in total. The summed E-state index contributed by atoms with van der Waals surface area (Å²) in [4.78, 5) is 31.1. The molecular formula is C23H27N3O3. The van der Waals surface area contributed by atoms with Crippen LogP contribution in [-0.2, 0) is 4.79 Å². The van der Waals surface area contributed by atoms with Gasteiger partial charge in [-0.3, -0.25) is 9.59 Å². The van der Waals surface area contributed by atoms with Gasteiger partial charge in [0, 0.05) is 26.6 Å². The van der Waals surface area contributed by atoms with Crippen LogP contribution in [0.5, 0.6) is 5.75 Å². The lowest BCUT2D eigenvalue weighted by Gasteiger charge is -2.37. The normalized spacial score (nSPS) is 18.4. The van der Waals surface area contributed by atoms with Gasteiger partial charge in [-0.25, -0.2) is 0 Å². The highest BCUT2D eigenvalue weighted by atomic mass is 16.5. The zero-order valence-corrected chi connectivity index (χ0v) is 17.0. The minimum atomic E-state index is -0.112. The predicted octanol–water partition coefficient (Wildman–Crippen LogP) is 3.17. The summed E-state index contributed by atoms with van der Waals surface area (Å²) in [6.45, 7) is 4.88. The number of rotatable bonds is 5. The molecule has 2 aliphatic heterocycles. The molecule has 2 amide bonds. The van der Waals surface area contributed by atoms with Gasteiger partial charge in [-0.1, -0.05) is 24.3 Å². The van der Waals surface area contributed by atoms with Gasteiger partial charge in [0.25, 0.3) is 5.91 Å². The molecule has 0 aliphatic carbocycles. The molecule has 152 valence electrons. The maximum Gasteiger partial charge on any atom is 0.255 e. The van der Waals surface area contributed by atoms with Crippen molar-refractivity contribution in [2.24, 2.45) is 0 Å². The Bertz CT molecular complexity index is 914. The molecular weight excluding hydrogens is 366 g/mol. The number of likely N-dealkylation sites (N-methyl/N-ethyl adjacent to an activating group) is 2. The van der Waals surface area contributed by atoms with E-state index in [0.29, 0.717) is 30.8 Å². The fraction of sp³-hybridized carbons (Fsp3) is 0.391. The number of amides is 2. The Kier molecular flexibility index (Phi) is 5.43. The van der Waals surface area contributed by atoms with Crippen LogP contribution in [-0.4, -0.2) is 56.0 Å². The van der Waals surface area contributed by atoms with Crippen molar-refractivity contribution in [3.05, 3.63) is 54.1 Å². The lowest BCUT2D eigenvalue weighted by Crippen LogP contribution is -2.47. The van der Waals surface area contributed by atoms with Crippen molar-refractivity contribution in [1.29, 1.82) is 0 Å². The maximum atomic E-state index is 13.2. The molecule has 0 radical (unpaired) electrons. The molecule has 6 heteroatoms. The molecule has 2 aliphatic rings. The van der Waals surface area contributed by atoms with Gasteiger partial charge in [0.15, 0.2) is 0 Å². The van der Waals surface area contributed by atoms with E-state index in [2.05, 4.69) is 17.9 Å². The minimum absolute atomic E-state index is 0.0821. The fourth-order valence-corrected chi connectivity index (χ4v) is 4.16. The largest absolute Gasteiger partial charge is 0.485 e. The maximum absolute atomic E-state index is 13.2. The molecule has 0 N–H and O–H groups in total. The van der Waals surface area contributed by atoms with Crippen molar-refractivity contribution in [2.75, 3.05) is 43.0 Å². The molecule has 2 heterocycles. The summed E-state index contributed by atoms with van der Waals surface area (Å²) in [6, 6.07) is 15.4. The van der Waals surface area contributed by atoms with Crippen LogP contribution < -0.4 is 14.5 Å². The Balaban J connectivity index is 1.51. The van der Waals surface area contributed by atoms with E-state index in [9.17, 15) is 9.59 Å². The second kappa shape index (κ2) is 8.15. The van der Waals surface area contributed by atoms with Crippen LogP contribution in [0, 0.1) is 0 Å². The zero-order chi connectivity index (χ0) is 20.4. The number of hydrogen-bond acceptors (Lipinski definition) is 4. The Hall–Kier alpha value is -3.02. The van der Waals surface area contributed by atoms with Gasteiger partial charge in [-0.2, -0.15) is 0 Å². The first-order valence-electron chi connectivity index (χ1n) is 10.2. The van der Waals surface area contributed by atoms with Crippen molar-refractivity contribution in [3.63, 3.8) is 0 Å². The number of fused-ring (bicyclic) bond motifs is 1. The molecule has 2 aromatic carbocycles. The molecule has 29 heavy (non-hydrogen) atoms. The topological polar surface area (TPSA) is 53.1 Å². The Morgan fingerprint density at radius 1 is 1.14 bits per heavy atom. The highest BCUT2D eigenvalue weighted by Crippen LogP contribution is 2.33. The van der Waals surface area contributed by atoms with Crippen LogP contribution in [0.4, 0.5) is 11.4 Å². The highest BCUT2D eigenvalue weighted by Gasteiger charge is 2.29. The Labute approximate surface area is 171 Å². The van der Waals surface area contributed by atoms with Gasteiger partial charge in [0.05, 0.1) is 30.0 Å². The van der Waals surface area contributed by atoms with Gasteiger partial charge in [0.2, 0.25) is 5.91 Å². The van der Waals surface area contributed by atoms with E-state index >= 15 is 0 Å². The van der Waals surface area contributed by atoms with E-state index in [-0.39, 0.29) is 17.9 Å². The summed E-state index contributed by atoms with van der Waals surface area (Å²) >= 11 is 0. The second-order valence-electron chi connectivity index (χ2n) is 7.60. The molecule has 0 bridgehead atoms. The lowest BCUT2D eigenvalue weighted by molar-refractivity contribution is -0.117. The number of ether oxygens (including phenoxy) is 1. The number of benzene rings is 2. The number of para-hydroxylation sites is 3. The van der Waals surface area contributed by atoms with Crippen molar-refractivity contribution in [2.45, 2.75) is 25.9 Å². The summed E-state index contributed by atoms with van der Waals surface area (Å²) in [5, 5.41) is 0. The smallest absolute Gasteiger partial charge is 0.255 e. The van der Waals surface area contributed by atoms with E-state index < -0.39 is 0 Å². The van der Waals surface area contributed by atoms with Gasteiger partial charge < -0.3 is 19.4 Å². The third-order valence-corrected chi connectivity index (χ3v) is 5.63. The molecule has 1 saturated heterocycles. The monoisotopic (exact) mass is 393 g/mol. The van der Waals surface area contributed by atoms with E-state index in [0.717, 1.165) is 30.9 Å². The number of anilines is 2. The number of hydrogen-bond donors (Lipinski definition) is 0. The van der Waals surface area contributed by atoms with E-state index in [1.54, 1.807) is 22.9 Å². The molecule has 0 saturated carbocycles. The zero-order valence-electron chi connectivity index (χ0n) is 17.0. The van der Waals surface area contributed by atoms with Crippen molar-refractivity contribution < 1.29 is 14.3 Å². The Morgan fingerprint density at radius 2 is 1.86 bits per heavy atom. The van der Waals surface area contributed by atoms with E-state index in [1.807, 2.05) is 36.4 Å². The standard InChI is InChI=1S/C23H27N3O3/c1-3-25-16-17(29-21-12-7-6-11-20(21)25)15-24(2)23(28)18-9-4-5-10-19(18)26-14-8-13-22(26)27/h4-7,9-12,17H,3,8,13-16H2,1-2H3/t17-/m0/s1. The first-order valence-corrected chi connectivity index (χ1v) is 10.2. The summed E-state index contributed by atoms with van der Waals surface area (Å²) in [5.41, 5.74) is 2.36. The van der Waals surface area contributed by atoms with Gasteiger partial charge >= 0.3 is 0 Å². The molecule has 1 fully saturated rings. The molecule has 4 rings (SSSR count). The van der Waals surface area contributed by atoms with Crippen LogP contribution in [0.25, 0.3) is 0 Å². The first kappa shape index (κ1) is 19.3. The van der Waals surface area contributed by atoms with Crippen molar-refractivity contribution >= 4 is 23.2 Å². The molecule has 0 unspecified atom stereocenters. The summed E-state index contributed by atoms with van der Waals surface area (Å²) in [5.74, 6) is 0.846. The average molecular weight is 393 g/mol. The van der Waals surface area contributed by atoms with Crippen LogP contribution in [0.1, 0.15) is 30.1 Å². The summed E-state index contributed by atoms with van der Waals surface area (Å²) in [7, 11) is 1.80. The molecule has 2 aromatic rings. The van der Waals surface area contributed by atoms with Gasteiger partial charge in [-0.05, 0) is 37.6 Å². The first-order chi connectivity index (χ1) is 14.1. The summed E-state index contributed by atoms with van der Waals surface area (Å²) < 4.78 is 6.17. The molecule has 1 atom stereocenters. The van der Waals surface area contributed by atoms with Gasteiger partial charge in [-0.15, -0.1) is 0 Å². The third-order valence-electron chi connectivity index (χ3n) is 5.63. The van der Waals surface area contributed by atoms with Crippen LogP contribution >= 0.6 is 0 Å². The summed E-state index contributed by atoms with van der Waals surface area (Å²) in [6.07, 6.45) is 1.26. The van der Waals surface area contributed by atoms with Crippen LogP contribution in [0.15, 0.2) is 48.5 Å². The molecule has 0 spiro atoms. The van der Waals surface area contributed by atoms with Crippen molar-refractivity contribution in [1.82, 2.24) is 4.90 Å². The predicted molar refractivity (Wildman–Crippen MR) is 114 cm³/mol. The number of carbonyl (C=O) groups excluding carboxylic acids is 2. The second-order valence-corrected chi connectivity index (χ2v) is 7.60. The highest BCUT2D eigenvalue weighted by molar-refractivity contribution is 6.05. The third kappa shape index (κ3) is 3.79.